The number of carbonyl (C=O) groups excluding carboxylic acids is 1. The van der Waals surface area contributed by atoms with Crippen molar-refractivity contribution in [3.63, 3.8) is 0 Å². The number of nitrogens with one attached hydrogen (secondary N) is 2. The zero-order valence-electron chi connectivity index (χ0n) is 19.1. The largest absolute Gasteiger partial charge is 0.356 e. The lowest BCUT2D eigenvalue weighted by Gasteiger charge is -2.27. The van der Waals surface area contributed by atoms with Crippen molar-refractivity contribution in [3.8, 4) is 0 Å². The molecule has 1 amide bonds. The molecule has 1 heterocycles. The lowest BCUT2D eigenvalue weighted by Crippen LogP contribution is -2.45. The first-order valence-corrected chi connectivity index (χ1v) is 11.3. The number of amides is 1. The zero-order valence-corrected chi connectivity index (χ0v) is 22.2. The predicted octanol–water partition coefficient (Wildman–Crippen LogP) is 4.49. The molecule has 1 aliphatic rings. The lowest BCUT2D eigenvalue weighted by atomic mass is 9.84. The summed E-state index contributed by atoms with van der Waals surface area (Å²) < 4.78 is 0. The van der Waals surface area contributed by atoms with E-state index in [9.17, 15) is 4.79 Å². The van der Waals surface area contributed by atoms with Crippen molar-refractivity contribution < 1.29 is 4.79 Å². The van der Waals surface area contributed by atoms with E-state index in [1.165, 1.54) is 11.1 Å². The number of halogens is 2. The molecule has 174 valence electrons. The maximum absolute atomic E-state index is 12.4. The van der Waals surface area contributed by atoms with E-state index in [-0.39, 0.29) is 35.3 Å². The van der Waals surface area contributed by atoms with Crippen LogP contribution in [-0.4, -0.2) is 50.0 Å². The van der Waals surface area contributed by atoms with E-state index in [4.69, 9.17) is 11.6 Å². The van der Waals surface area contributed by atoms with Gasteiger partial charge in [0.25, 0.3) is 0 Å². The fourth-order valence-corrected chi connectivity index (χ4v) is 4.08. The second-order valence-electron chi connectivity index (χ2n) is 8.85. The number of likely N-dealkylation sites (tertiary alicyclic amines) is 1. The first-order valence-electron chi connectivity index (χ1n) is 10.9. The van der Waals surface area contributed by atoms with Gasteiger partial charge >= 0.3 is 0 Å². The van der Waals surface area contributed by atoms with Crippen LogP contribution in [0.5, 0.6) is 0 Å². The molecule has 5 nitrogen and oxygen atoms in total. The van der Waals surface area contributed by atoms with E-state index in [1.54, 1.807) is 7.05 Å². The first-order chi connectivity index (χ1) is 14.9. The molecule has 1 atom stereocenters. The summed E-state index contributed by atoms with van der Waals surface area (Å²) >= 11 is 6.16. The first kappa shape index (κ1) is 26.5. The Bertz CT molecular complexity index is 904. The van der Waals surface area contributed by atoms with Crippen molar-refractivity contribution in [1.82, 2.24) is 15.5 Å². The van der Waals surface area contributed by atoms with Gasteiger partial charge in [0.15, 0.2) is 5.96 Å². The minimum absolute atomic E-state index is 0. The van der Waals surface area contributed by atoms with Crippen molar-refractivity contribution in [2.24, 2.45) is 10.9 Å². The van der Waals surface area contributed by atoms with E-state index in [0.29, 0.717) is 12.3 Å². The number of guanidine groups is 1. The number of hydrogen-bond donors (Lipinski definition) is 2. The van der Waals surface area contributed by atoms with Crippen LogP contribution in [-0.2, 0) is 16.6 Å². The van der Waals surface area contributed by atoms with E-state index in [2.05, 4.69) is 47.7 Å². The number of hydrogen-bond acceptors (Lipinski definition) is 2. The number of carbonyl (C=O) groups is 1. The Kier molecular flexibility index (Phi) is 10.3. The summed E-state index contributed by atoms with van der Waals surface area (Å²) in [5.74, 6) is 1.29. The van der Waals surface area contributed by atoms with Gasteiger partial charge in [0.1, 0.15) is 0 Å². The van der Waals surface area contributed by atoms with Gasteiger partial charge in [0.2, 0.25) is 5.91 Å². The summed E-state index contributed by atoms with van der Waals surface area (Å²) in [4.78, 5) is 18.7. The monoisotopic (exact) mass is 568 g/mol. The van der Waals surface area contributed by atoms with Gasteiger partial charge in [-0.1, -0.05) is 67.9 Å². The van der Waals surface area contributed by atoms with Gasteiger partial charge in [-0.05, 0) is 29.7 Å². The zero-order chi connectivity index (χ0) is 22.3. The third-order valence-corrected chi connectivity index (χ3v) is 6.13. The van der Waals surface area contributed by atoms with Crippen LogP contribution in [0.15, 0.2) is 59.6 Å². The van der Waals surface area contributed by atoms with Crippen molar-refractivity contribution in [2.75, 3.05) is 33.2 Å². The molecule has 2 aromatic carbocycles. The second kappa shape index (κ2) is 12.4. The maximum Gasteiger partial charge on any atom is 0.223 e. The molecule has 0 radical (unpaired) electrons. The smallest absolute Gasteiger partial charge is 0.223 e. The van der Waals surface area contributed by atoms with Gasteiger partial charge in [-0.25, -0.2) is 0 Å². The normalized spacial score (nSPS) is 16.6. The summed E-state index contributed by atoms with van der Waals surface area (Å²) in [6.07, 6.45) is 1.49. The van der Waals surface area contributed by atoms with Gasteiger partial charge in [0.05, 0.1) is 0 Å². The molecule has 3 rings (SSSR count). The van der Waals surface area contributed by atoms with Crippen LogP contribution in [0.2, 0.25) is 5.02 Å². The standard InChI is InChI=1S/C25H33ClN4O.HI/c1-25(2,21-10-7-11-22(26)15-21)18-29-24(27-3)28-16-20-14-23(31)30(17-20)13-12-19-8-5-4-6-9-19;/h4-11,15,20H,12-14,16-18H2,1-3H3,(H2,27,28,29);1H. The van der Waals surface area contributed by atoms with Crippen LogP contribution in [0.1, 0.15) is 31.4 Å². The highest BCUT2D eigenvalue weighted by atomic mass is 127. The molecule has 1 aliphatic heterocycles. The minimum atomic E-state index is -0.0971. The molecule has 7 heteroatoms. The number of rotatable bonds is 8. The fraction of sp³-hybridized carbons (Fsp3) is 0.440. The Hall–Kier alpha value is -1.80. The topological polar surface area (TPSA) is 56.7 Å². The van der Waals surface area contributed by atoms with E-state index in [1.807, 2.05) is 41.3 Å². The van der Waals surface area contributed by atoms with Crippen LogP contribution >= 0.6 is 35.6 Å². The Morgan fingerprint density at radius 1 is 1.16 bits per heavy atom. The quantitative estimate of drug-likeness (QED) is 0.280. The molecule has 32 heavy (non-hydrogen) atoms. The summed E-state index contributed by atoms with van der Waals surface area (Å²) in [6, 6.07) is 18.3. The van der Waals surface area contributed by atoms with Gasteiger partial charge in [-0.3, -0.25) is 9.79 Å². The van der Waals surface area contributed by atoms with Crippen LogP contribution in [0.3, 0.4) is 0 Å². The van der Waals surface area contributed by atoms with E-state index in [0.717, 1.165) is 43.6 Å². The molecule has 0 aliphatic carbocycles. The maximum atomic E-state index is 12.4. The van der Waals surface area contributed by atoms with Crippen LogP contribution in [0, 0.1) is 5.92 Å². The molecule has 0 spiro atoms. The molecule has 0 aromatic heterocycles. The van der Waals surface area contributed by atoms with Gasteiger partial charge in [-0.15, -0.1) is 24.0 Å². The molecule has 0 saturated carbocycles. The number of aliphatic imine (C=N–C) groups is 1. The van der Waals surface area contributed by atoms with Gasteiger partial charge in [-0.2, -0.15) is 0 Å². The summed E-state index contributed by atoms with van der Waals surface area (Å²) in [7, 11) is 1.77. The van der Waals surface area contributed by atoms with E-state index < -0.39 is 0 Å². The minimum Gasteiger partial charge on any atom is -0.356 e. The van der Waals surface area contributed by atoms with Gasteiger partial charge < -0.3 is 15.5 Å². The van der Waals surface area contributed by atoms with Crippen LogP contribution < -0.4 is 10.6 Å². The van der Waals surface area contributed by atoms with Crippen molar-refractivity contribution in [1.29, 1.82) is 0 Å². The highest BCUT2D eigenvalue weighted by molar-refractivity contribution is 14.0. The Morgan fingerprint density at radius 2 is 1.91 bits per heavy atom. The average Bonchev–Trinajstić information content (AvgIpc) is 3.12. The van der Waals surface area contributed by atoms with Crippen LogP contribution in [0.4, 0.5) is 0 Å². The Balaban J connectivity index is 0.00000363. The van der Waals surface area contributed by atoms with Crippen molar-refractivity contribution in [3.05, 3.63) is 70.7 Å². The Labute approximate surface area is 214 Å². The molecule has 1 unspecified atom stereocenters. The van der Waals surface area contributed by atoms with E-state index >= 15 is 0 Å². The molecule has 2 N–H and O–H groups in total. The Morgan fingerprint density at radius 3 is 2.59 bits per heavy atom. The lowest BCUT2D eigenvalue weighted by molar-refractivity contribution is -0.127. The van der Waals surface area contributed by atoms with Gasteiger partial charge in [0, 0.05) is 56.0 Å². The summed E-state index contributed by atoms with van der Waals surface area (Å²) in [6.45, 7) is 7.38. The highest BCUT2D eigenvalue weighted by Crippen LogP contribution is 2.25. The molecular weight excluding hydrogens is 535 g/mol. The highest BCUT2D eigenvalue weighted by Gasteiger charge is 2.29. The number of benzene rings is 2. The molecular formula is C25H34ClIN4O. The fourth-order valence-electron chi connectivity index (χ4n) is 3.89. The van der Waals surface area contributed by atoms with Crippen LogP contribution in [0.25, 0.3) is 0 Å². The SMILES string of the molecule is CN=C(NCC1CC(=O)N(CCc2ccccc2)C1)NCC(C)(C)c1cccc(Cl)c1.I. The molecule has 0 bridgehead atoms. The predicted molar refractivity (Wildman–Crippen MR) is 144 cm³/mol. The second-order valence-corrected chi connectivity index (χ2v) is 9.28. The van der Waals surface area contributed by atoms with Crippen molar-refractivity contribution >= 4 is 47.4 Å². The third kappa shape index (κ3) is 7.66. The average molecular weight is 569 g/mol. The summed E-state index contributed by atoms with van der Waals surface area (Å²) in [5.41, 5.74) is 2.35. The number of nitrogens with zero attached hydrogens (tertiary/aromatic N) is 2. The molecule has 2 aromatic rings. The third-order valence-electron chi connectivity index (χ3n) is 5.89. The molecule has 1 fully saturated rings. The molecule has 1 saturated heterocycles. The summed E-state index contributed by atoms with van der Waals surface area (Å²) in [5, 5.41) is 7.56. The van der Waals surface area contributed by atoms with Crippen molar-refractivity contribution in [2.45, 2.75) is 32.1 Å².